The Balaban J connectivity index is 1.32. The molecule has 5 N–H and O–H groups in total. The van der Waals surface area contributed by atoms with Crippen molar-refractivity contribution in [3.8, 4) is 5.75 Å². The van der Waals surface area contributed by atoms with Gasteiger partial charge in [-0.25, -0.2) is 15.1 Å². The fourth-order valence-corrected chi connectivity index (χ4v) is 6.61. The molecule has 1 unspecified atom stereocenters. The Hall–Kier alpha value is -4.18. The number of carbonyl (C=O) groups is 1. The molecule has 244 valence electrons. The molecular formula is C33H32BrN5O7S. The Morgan fingerprint density at radius 2 is 1.81 bits per heavy atom. The monoisotopic (exact) mass is 721 g/mol. The third-order valence-corrected chi connectivity index (χ3v) is 9.07. The van der Waals surface area contributed by atoms with Crippen molar-refractivity contribution >= 4 is 48.7 Å². The fourth-order valence-electron chi connectivity index (χ4n) is 5.80. The third kappa shape index (κ3) is 7.70. The van der Waals surface area contributed by atoms with Crippen molar-refractivity contribution in [1.82, 2.24) is 14.5 Å². The Morgan fingerprint density at radius 1 is 1.02 bits per heavy atom. The van der Waals surface area contributed by atoms with E-state index in [1.165, 1.54) is 12.5 Å². The number of halogens is 1. The summed E-state index contributed by atoms with van der Waals surface area (Å²) in [5.74, 6) is -0.353. The summed E-state index contributed by atoms with van der Waals surface area (Å²) in [6, 6.07) is 22.6. The smallest absolute Gasteiger partial charge is 0.333 e. The van der Waals surface area contributed by atoms with Gasteiger partial charge in [-0.2, -0.15) is 8.42 Å². The molecule has 0 spiro atoms. The van der Waals surface area contributed by atoms with Gasteiger partial charge in [-0.3, -0.25) is 8.98 Å². The topological polar surface area (TPSA) is 179 Å². The average molecular weight is 723 g/mol. The molecule has 0 saturated heterocycles. The molecular weight excluding hydrogens is 690 g/mol. The minimum atomic E-state index is -4.23. The Labute approximate surface area is 279 Å². The Bertz CT molecular complexity index is 2010. The van der Waals surface area contributed by atoms with Crippen molar-refractivity contribution < 1.29 is 32.3 Å². The van der Waals surface area contributed by atoms with Gasteiger partial charge in [0.2, 0.25) is 0 Å². The standard InChI is InChI=1S/C33H32BrN5O7S/c34-23-8-4-7-21(11-23)15-39-16-27(25-13-24(9-10-29(25)39)45-17-20-5-2-1-3-6-20)31(41)26-14-36-19-37-33(26)38-28-12-22(30(40)32(28)42)18-46-47(35,43)44/h1-11,13-14,16,19,22,28,30,32,40,42H,12,15,17-18H2,(H2,35,43,44)(H,36,37,38)/t22?,28-,30-,32+/m1/s1. The summed E-state index contributed by atoms with van der Waals surface area (Å²) in [4.78, 5) is 22.7. The quantitative estimate of drug-likeness (QED) is 0.139. The van der Waals surface area contributed by atoms with E-state index in [1.807, 2.05) is 77.4 Å². The maximum atomic E-state index is 14.3. The molecule has 0 aliphatic heterocycles. The van der Waals surface area contributed by atoms with Gasteiger partial charge in [-0.15, -0.1) is 0 Å². The maximum Gasteiger partial charge on any atom is 0.333 e. The van der Waals surface area contributed by atoms with Crippen LogP contribution in [0.25, 0.3) is 10.9 Å². The van der Waals surface area contributed by atoms with Crippen LogP contribution < -0.4 is 15.2 Å². The van der Waals surface area contributed by atoms with Gasteiger partial charge >= 0.3 is 10.3 Å². The number of hydrogen-bond acceptors (Lipinski definition) is 10. The predicted molar refractivity (Wildman–Crippen MR) is 178 cm³/mol. The Morgan fingerprint density at radius 3 is 2.57 bits per heavy atom. The lowest BCUT2D eigenvalue weighted by atomic mass is 10.0. The number of aromatic nitrogens is 3. The molecule has 0 amide bonds. The molecule has 2 aromatic heterocycles. The first-order chi connectivity index (χ1) is 22.6. The van der Waals surface area contributed by atoms with Crippen molar-refractivity contribution in [2.24, 2.45) is 11.1 Å². The SMILES string of the molecule is NS(=O)(=O)OCC1C[C@@H](Nc2ncncc2C(=O)c2cn(Cc3cccc(Br)c3)c3ccc(OCc4ccccc4)cc23)[C@H](O)[C@@H]1O. The van der Waals surface area contributed by atoms with Crippen molar-refractivity contribution in [3.05, 3.63) is 118 Å². The first-order valence-corrected chi connectivity index (χ1v) is 17.0. The molecule has 0 bridgehead atoms. The first-order valence-electron chi connectivity index (χ1n) is 14.7. The van der Waals surface area contributed by atoms with Crippen LogP contribution in [-0.2, 0) is 27.6 Å². The van der Waals surface area contributed by atoms with Crippen LogP contribution in [0, 0.1) is 5.92 Å². The second kappa shape index (κ2) is 13.9. The number of fused-ring (bicyclic) bond motifs is 1. The summed E-state index contributed by atoms with van der Waals surface area (Å²) >= 11 is 3.53. The number of rotatable bonds is 12. The minimum absolute atomic E-state index is 0.129. The van der Waals surface area contributed by atoms with Gasteiger partial charge in [-0.1, -0.05) is 58.4 Å². The molecule has 12 nitrogen and oxygen atoms in total. The number of carbonyl (C=O) groups excluding carboxylic acids is 1. The second-order valence-electron chi connectivity index (χ2n) is 11.4. The van der Waals surface area contributed by atoms with E-state index in [9.17, 15) is 23.4 Å². The van der Waals surface area contributed by atoms with Gasteiger partial charge in [0.05, 0.1) is 24.3 Å². The van der Waals surface area contributed by atoms with Crippen LogP contribution in [0.5, 0.6) is 5.75 Å². The number of aliphatic hydroxyl groups excluding tert-OH is 2. The highest BCUT2D eigenvalue weighted by molar-refractivity contribution is 9.10. The van der Waals surface area contributed by atoms with Crippen LogP contribution in [0.4, 0.5) is 5.82 Å². The number of aliphatic hydroxyl groups is 2. The van der Waals surface area contributed by atoms with E-state index in [0.717, 1.165) is 21.1 Å². The molecule has 1 saturated carbocycles. The van der Waals surface area contributed by atoms with Gasteiger partial charge < -0.3 is 24.8 Å². The number of nitrogens with two attached hydrogens (primary N) is 1. The molecule has 1 aliphatic carbocycles. The van der Waals surface area contributed by atoms with Crippen LogP contribution in [0.1, 0.15) is 33.5 Å². The zero-order valence-corrected chi connectivity index (χ0v) is 27.3. The van der Waals surface area contributed by atoms with Crippen molar-refractivity contribution in [2.45, 2.75) is 37.8 Å². The zero-order chi connectivity index (χ0) is 33.1. The lowest BCUT2D eigenvalue weighted by Crippen LogP contribution is -2.36. The van der Waals surface area contributed by atoms with Crippen LogP contribution in [-0.4, -0.2) is 63.8 Å². The van der Waals surface area contributed by atoms with E-state index in [0.29, 0.717) is 29.9 Å². The van der Waals surface area contributed by atoms with Crippen molar-refractivity contribution in [3.63, 3.8) is 0 Å². The van der Waals surface area contributed by atoms with E-state index in [1.54, 1.807) is 6.20 Å². The van der Waals surface area contributed by atoms with Crippen LogP contribution in [0.3, 0.4) is 0 Å². The molecule has 4 atom stereocenters. The van der Waals surface area contributed by atoms with Gasteiger partial charge in [0, 0.05) is 45.8 Å². The molecule has 1 fully saturated rings. The second-order valence-corrected chi connectivity index (χ2v) is 13.5. The lowest BCUT2D eigenvalue weighted by Gasteiger charge is -2.19. The highest BCUT2D eigenvalue weighted by Crippen LogP contribution is 2.33. The summed E-state index contributed by atoms with van der Waals surface area (Å²) in [7, 11) is -4.23. The zero-order valence-electron chi connectivity index (χ0n) is 24.9. The molecule has 5 aromatic rings. The highest BCUT2D eigenvalue weighted by atomic mass is 79.9. The van der Waals surface area contributed by atoms with E-state index in [2.05, 4.69) is 35.4 Å². The molecule has 3 aromatic carbocycles. The summed E-state index contributed by atoms with van der Waals surface area (Å²) in [5.41, 5.74) is 3.39. The molecule has 1 aliphatic rings. The van der Waals surface area contributed by atoms with Gasteiger partial charge in [-0.05, 0) is 47.9 Å². The Kier molecular flexibility index (Phi) is 9.68. The number of anilines is 1. The van der Waals surface area contributed by atoms with E-state index in [-0.39, 0.29) is 23.6 Å². The van der Waals surface area contributed by atoms with Gasteiger partial charge in [0.1, 0.15) is 30.6 Å². The van der Waals surface area contributed by atoms with Crippen molar-refractivity contribution in [1.29, 1.82) is 0 Å². The normalized spacial score (nSPS) is 19.6. The number of hydrogen-bond donors (Lipinski definition) is 4. The van der Waals surface area contributed by atoms with Crippen LogP contribution >= 0.6 is 15.9 Å². The van der Waals surface area contributed by atoms with Crippen LogP contribution in [0.2, 0.25) is 0 Å². The molecule has 6 rings (SSSR count). The number of ether oxygens (including phenoxy) is 1. The summed E-state index contributed by atoms with van der Waals surface area (Å²) in [6.45, 7) is 0.447. The largest absolute Gasteiger partial charge is 0.489 e. The summed E-state index contributed by atoms with van der Waals surface area (Å²) < 4.78 is 36.2. The van der Waals surface area contributed by atoms with E-state index < -0.39 is 41.1 Å². The summed E-state index contributed by atoms with van der Waals surface area (Å²) in [5, 5.41) is 29.9. The van der Waals surface area contributed by atoms with E-state index >= 15 is 0 Å². The molecule has 0 radical (unpaired) electrons. The number of nitrogens with zero attached hydrogens (tertiary/aromatic N) is 3. The third-order valence-electron chi connectivity index (χ3n) is 8.11. The number of ketones is 1. The van der Waals surface area contributed by atoms with Crippen LogP contribution in [0.15, 0.2) is 96.0 Å². The lowest BCUT2D eigenvalue weighted by molar-refractivity contribution is 0.00778. The van der Waals surface area contributed by atoms with Gasteiger partial charge in [0.25, 0.3) is 0 Å². The molecule has 14 heteroatoms. The number of benzene rings is 3. The first kappa shape index (κ1) is 32.7. The fraction of sp³-hybridized carbons (Fsp3) is 0.242. The summed E-state index contributed by atoms with van der Waals surface area (Å²) in [6.07, 6.45) is 2.00. The highest BCUT2D eigenvalue weighted by Gasteiger charge is 2.42. The van der Waals surface area contributed by atoms with E-state index in [4.69, 9.17) is 9.88 Å². The maximum absolute atomic E-state index is 14.3. The molecule has 2 heterocycles. The predicted octanol–water partition coefficient (Wildman–Crippen LogP) is 3.79. The average Bonchev–Trinajstić information content (AvgIpc) is 3.54. The van der Waals surface area contributed by atoms with Crippen molar-refractivity contribution in [2.75, 3.05) is 11.9 Å². The molecule has 47 heavy (non-hydrogen) atoms. The number of nitrogens with one attached hydrogen (secondary N) is 1. The minimum Gasteiger partial charge on any atom is -0.489 e. The van der Waals surface area contributed by atoms with Gasteiger partial charge in [0.15, 0.2) is 5.78 Å².